The van der Waals surface area contributed by atoms with Crippen molar-refractivity contribution in [3.63, 3.8) is 0 Å². The van der Waals surface area contributed by atoms with Crippen molar-refractivity contribution in [2.45, 2.75) is 12.8 Å². The van der Waals surface area contributed by atoms with Crippen LogP contribution in [0.5, 0.6) is 0 Å². The first-order valence-electron chi connectivity index (χ1n) is 5.92. The van der Waals surface area contributed by atoms with Crippen LogP contribution < -0.4 is 11.1 Å². The van der Waals surface area contributed by atoms with Crippen molar-refractivity contribution in [1.29, 1.82) is 0 Å². The number of amides is 1. The van der Waals surface area contributed by atoms with E-state index in [1.807, 2.05) is 0 Å². The maximum Gasteiger partial charge on any atom is 0.306 e. The highest BCUT2D eigenvalue weighted by Gasteiger charge is 2.04. The molecule has 0 aromatic heterocycles. The second kappa shape index (κ2) is 8.42. The fraction of sp³-hybridized carbons (Fsp3) is 0.385. The topological polar surface area (TPSA) is 81.4 Å². The first kappa shape index (κ1) is 15.4. The van der Waals surface area contributed by atoms with E-state index in [-0.39, 0.29) is 11.9 Å². The molecule has 1 aromatic rings. The van der Waals surface area contributed by atoms with Gasteiger partial charge in [-0.2, -0.15) is 11.8 Å². The molecule has 0 atom stereocenters. The Morgan fingerprint density at radius 2 is 1.84 bits per heavy atom. The third-order valence-electron chi connectivity index (χ3n) is 2.35. The molecule has 0 spiro atoms. The van der Waals surface area contributed by atoms with Crippen molar-refractivity contribution in [2.75, 3.05) is 29.7 Å². The van der Waals surface area contributed by atoms with Crippen LogP contribution in [0.1, 0.15) is 12.8 Å². The van der Waals surface area contributed by atoms with E-state index in [9.17, 15) is 9.59 Å². The number of nitrogens with two attached hydrogens (primary N) is 1. The number of hydrogen-bond acceptors (Lipinski definition) is 5. The number of esters is 1. The molecule has 5 nitrogen and oxygen atoms in total. The number of carbonyl (C=O) groups excluding carboxylic acids is 2. The van der Waals surface area contributed by atoms with Gasteiger partial charge in [0, 0.05) is 29.3 Å². The van der Waals surface area contributed by atoms with Crippen LogP contribution in [0, 0.1) is 0 Å². The average Bonchev–Trinajstić information content (AvgIpc) is 2.40. The highest BCUT2D eigenvalue weighted by Crippen LogP contribution is 2.11. The molecule has 104 valence electrons. The number of rotatable bonds is 7. The third kappa shape index (κ3) is 6.71. The van der Waals surface area contributed by atoms with E-state index < -0.39 is 0 Å². The van der Waals surface area contributed by atoms with Gasteiger partial charge in [-0.05, 0) is 24.3 Å². The van der Waals surface area contributed by atoms with Crippen LogP contribution in [0.25, 0.3) is 0 Å². The summed E-state index contributed by atoms with van der Waals surface area (Å²) in [4.78, 5) is 22.5. The van der Waals surface area contributed by atoms with Crippen LogP contribution in [0.4, 0.5) is 11.4 Å². The first-order valence-corrected chi connectivity index (χ1v) is 7.07. The molecule has 1 aromatic carbocycles. The summed E-state index contributed by atoms with van der Waals surface area (Å²) in [6, 6.07) is 7.00. The van der Waals surface area contributed by atoms with Crippen molar-refractivity contribution >= 4 is 35.0 Å². The lowest BCUT2D eigenvalue weighted by atomic mass is 10.3. The number of thioether (sulfide) groups is 1. The number of carbonyl (C=O) groups is 2. The number of anilines is 2. The summed E-state index contributed by atoms with van der Waals surface area (Å²) in [5, 5.41) is 2.78. The number of nitrogens with one attached hydrogen (secondary N) is 1. The molecule has 0 saturated carbocycles. The van der Waals surface area contributed by atoms with Gasteiger partial charge in [0.15, 0.2) is 0 Å². The number of methoxy groups -OCH3 is 1. The Morgan fingerprint density at radius 1 is 1.21 bits per heavy atom. The van der Waals surface area contributed by atoms with Crippen molar-refractivity contribution < 1.29 is 14.3 Å². The maximum atomic E-state index is 11.6. The van der Waals surface area contributed by atoms with Gasteiger partial charge in [-0.1, -0.05) is 0 Å². The summed E-state index contributed by atoms with van der Waals surface area (Å²) in [6.07, 6.45) is 0.789. The van der Waals surface area contributed by atoms with E-state index in [0.717, 1.165) is 5.69 Å². The molecule has 1 rings (SSSR count). The summed E-state index contributed by atoms with van der Waals surface area (Å²) in [5.41, 5.74) is 6.95. The predicted molar refractivity (Wildman–Crippen MR) is 78.1 cm³/mol. The van der Waals surface area contributed by atoms with E-state index in [4.69, 9.17) is 5.73 Å². The van der Waals surface area contributed by atoms with Crippen molar-refractivity contribution in [3.8, 4) is 0 Å². The number of ether oxygens (including phenoxy) is 1. The van der Waals surface area contributed by atoms with Gasteiger partial charge in [0.25, 0.3) is 0 Å². The van der Waals surface area contributed by atoms with E-state index in [2.05, 4.69) is 10.1 Å². The molecule has 1 amide bonds. The van der Waals surface area contributed by atoms with E-state index >= 15 is 0 Å². The molecule has 19 heavy (non-hydrogen) atoms. The molecule has 0 fully saturated rings. The van der Waals surface area contributed by atoms with Crippen molar-refractivity contribution in [1.82, 2.24) is 0 Å². The van der Waals surface area contributed by atoms with Gasteiger partial charge in [-0.3, -0.25) is 9.59 Å². The van der Waals surface area contributed by atoms with Gasteiger partial charge in [-0.25, -0.2) is 0 Å². The standard InChI is InChI=1S/C13H18N2O3S/c1-18-13(17)7-9-19-8-6-12(16)15-11-4-2-10(14)3-5-11/h2-5H,6-9,14H2,1H3,(H,15,16). The predicted octanol–water partition coefficient (Wildman–Crippen LogP) is 1.89. The quantitative estimate of drug-likeness (QED) is 0.453. The van der Waals surface area contributed by atoms with Crippen LogP contribution >= 0.6 is 11.8 Å². The molecule has 6 heteroatoms. The van der Waals surface area contributed by atoms with Gasteiger partial charge in [0.05, 0.1) is 13.5 Å². The maximum absolute atomic E-state index is 11.6. The van der Waals surface area contributed by atoms with Gasteiger partial charge >= 0.3 is 5.97 Å². The van der Waals surface area contributed by atoms with Crippen LogP contribution in [0.3, 0.4) is 0 Å². The van der Waals surface area contributed by atoms with Crippen molar-refractivity contribution in [2.24, 2.45) is 0 Å². The zero-order valence-electron chi connectivity index (χ0n) is 10.8. The lowest BCUT2D eigenvalue weighted by molar-refractivity contribution is -0.140. The van der Waals surface area contributed by atoms with E-state index in [1.165, 1.54) is 7.11 Å². The molecule has 0 aliphatic rings. The van der Waals surface area contributed by atoms with Crippen LogP contribution in [0.15, 0.2) is 24.3 Å². The smallest absolute Gasteiger partial charge is 0.306 e. The van der Waals surface area contributed by atoms with Crippen molar-refractivity contribution in [3.05, 3.63) is 24.3 Å². The van der Waals surface area contributed by atoms with Crippen LogP contribution in [-0.2, 0) is 14.3 Å². The van der Waals surface area contributed by atoms with Gasteiger partial charge in [0.1, 0.15) is 0 Å². The summed E-state index contributed by atoms with van der Waals surface area (Å²) < 4.78 is 4.52. The average molecular weight is 282 g/mol. The van der Waals surface area contributed by atoms with Crippen LogP contribution in [-0.4, -0.2) is 30.5 Å². The molecule has 0 radical (unpaired) electrons. The summed E-state index contributed by atoms with van der Waals surface area (Å²) in [5.74, 6) is 1.08. The minimum atomic E-state index is -0.223. The second-order valence-electron chi connectivity index (χ2n) is 3.86. The fourth-order valence-corrected chi connectivity index (χ4v) is 2.16. The first-order chi connectivity index (χ1) is 9.11. The molecule has 0 bridgehead atoms. The normalized spacial score (nSPS) is 9.95. The second-order valence-corrected chi connectivity index (χ2v) is 5.08. The van der Waals surface area contributed by atoms with Gasteiger partial charge in [-0.15, -0.1) is 0 Å². The molecule has 0 aliphatic heterocycles. The number of nitrogen functional groups attached to an aromatic ring is 1. The molecule has 0 unspecified atom stereocenters. The highest BCUT2D eigenvalue weighted by atomic mass is 32.2. The zero-order chi connectivity index (χ0) is 14.1. The Balaban J connectivity index is 2.14. The Hall–Kier alpha value is -1.69. The Labute approximate surface area is 116 Å². The SMILES string of the molecule is COC(=O)CCSCCC(=O)Nc1ccc(N)cc1. The largest absolute Gasteiger partial charge is 0.469 e. The molecular formula is C13H18N2O3S. The van der Waals surface area contributed by atoms with Gasteiger partial charge < -0.3 is 15.8 Å². The summed E-state index contributed by atoms with van der Waals surface area (Å²) in [7, 11) is 1.37. The highest BCUT2D eigenvalue weighted by molar-refractivity contribution is 7.99. The lowest BCUT2D eigenvalue weighted by Gasteiger charge is -2.05. The molecule has 3 N–H and O–H groups in total. The fourth-order valence-electron chi connectivity index (χ4n) is 1.31. The summed E-state index contributed by atoms with van der Waals surface area (Å²) in [6.45, 7) is 0. The number of benzene rings is 1. The summed E-state index contributed by atoms with van der Waals surface area (Å²) >= 11 is 1.56. The minimum absolute atomic E-state index is 0.0460. The molecule has 0 heterocycles. The monoisotopic (exact) mass is 282 g/mol. The van der Waals surface area contributed by atoms with E-state index in [0.29, 0.717) is 30.0 Å². The molecule has 0 aliphatic carbocycles. The van der Waals surface area contributed by atoms with Gasteiger partial charge in [0.2, 0.25) is 5.91 Å². The Kier molecular flexibility index (Phi) is 6.81. The Morgan fingerprint density at radius 3 is 2.47 bits per heavy atom. The minimum Gasteiger partial charge on any atom is -0.469 e. The van der Waals surface area contributed by atoms with Crippen LogP contribution in [0.2, 0.25) is 0 Å². The molecule has 0 saturated heterocycles. The number of hydrogen-bond donors (Lipinski definition) is 2. The Bertz CT molecular complexity index is 420. The lowest BCUT2D eigenvalue weighted by Crippen LogP contribution is -2.12. The third-order valence-corrected chi connectivity index (χ3v) is 3.33. The van der Waals surface area contributed by atoms with E-state index in [1.54, 1.807) is 36.0 Å². The molecular weight excluding hydrogens is 264 g/mol. The zero-order valence-corrected chi connectivity index (χ0v) is 11.7.